The fourth-order valence-electron chi connectivity index (χ4n) is 2.55. The van der Waals surface area contributed by atoms with Crippen molar-refractivity contribution >= 4 is 41.0 Å². The van der Waals surface area contributed by atoms with Crippen LogP contribution < -0.4 is 20.1 Å². The van der Waals surface area contributed by atoms with Crippen molar-refractivity contribution in [3.8, 4) is 11.5 Å². The molecule has 1 fully saturated rings. The van der Waals surface area contributed by atoms with E-state index >= 15 is 0 Å². The van der Waals surface area contributed by atoms with Crippen LogP contribution in [0.15, 0.2) is 41.3 Å². The first-order chi connectivity index (χ1) is 12.5. The molecule has 136 valence electrons. The van der Waals surface area contributed by atoms with Crippen LogP contribution in [0.25, 0.3) is 6.08 Å². The maximum atomic E-state index is 12.3. The molecular weight excluding hydrogens is 372 g/mol. The van der Waals surface area contributed by atoms with Gasteiger partial charge in [0, 0.05) is 16.3 Å². The average molecular weight is 391 g/mol. The third-order valence-corrected chi connectivity index (χ3v) is 5.20. The summed E-state index contributed by atoms with van der Waals surface area (Å²) < 4.78 is 10.6. The van der Waals surface area contributed by atoms with Gasteiger partial charge < -0.3 is 20.1 Å². The van der Waals surface area contributed by atoms with E-state index < -0.39 is 0 Å². The second-order valence-electron chi connectivity index (χ2n) is 5.69. The molecule has 0 bridgehead atoms. The molecule has 1 amide bonds. The van der Waals surface area contributed by atoms with Gasteiger partial charge in [-0.25, -0.2) is 0 Å². The molecule has 0 aliphatic carbocycles. The summed E-state index contributed by atoms with van der Waals surface area (Å²) in [6, 6.07) is 11.1. The van der Waals surface area contributed by atoms with Crippen molar-refractivity contribution in [2.75, 3.05) is 19.5 Å². The molecule has 0 aromatic heterocycles. The molecule has 0 saturated carbocycles. The highest BCUT2D eigenvalue weighted by molar-refractivity contribution is 8.05. The highest BCUT2D eigenvalue weighted by Crippen LogP contribution is 2.34. The number of halogens is 1. The van der Waals surface area contributed by atoms with Crippen LogP contribution in [0.4, 0.5) is 5.69 Å². The first-order valence-corrected chi connectivity index (χ1v) is 9.20. The Kier molecular flexibility index (Phi) is 5.64. The molecule has 0 radical (unpaired) electrons. The zero-order valence-corrected chi connectivity index (χ0v) is 16.2. The minimum atomic E-state index is -0.275. The Morgan fingerprint density at radius 1 is 1.19 bits per heavy atom. The van der Waals surface area contributed by atoms with E-state index in [4.69, 9.17) is 21.1 Å². The molecule has 0 spiro atoms. The summed E-state index contributed by atoms with van der Waals surface area (Å²) >= 11 is 7.46. The van der Waals surface area contributed by atoms with Crippen LogP contribution in [0.3, 0.4) is 0 Å². The van der Waals surface area contributed by atoms with Gasteiger partial charge in [-0.05, 0) is 48.9 Å². The third-order valence-electron chi connectivity index (χ3n) is 3.94. The summed E-state index contributed by atoms with van der Waals surface area (Å²) in [6.07, 6.45) is 1.80. The smallest absolute Gasteiger partial charge is 0.260 e. The second kappa shape index (κ2) is 7.93. The lowest BCUT2D eigenvalue weighted by molar-refractivity contribution is -0.116. The molecule has 3 rings (SSSR count). The van der Waals surface area contributed by atoms with Gasteiger partial charge in [-0.1, -0.05) is 29.4 Å². The third kappa shape index (κ3) is 4.08. The van der Waals surface area contributed by atoms with Crippen LogP contribution in [-0.2, 0) is 4.79 Å². The predicted octanol–water partition coefficient (Wildman–Crippen LogP) is 4.27. The first kappa shape index (κ1) is 18.5. The highest BCUT2D eigenvalue weighted by atomic mass is 35.5. The lowest BCUT2D eigenvalue weighted by atomic mass is 10.1. The van der Waals surface area contributed by atoms with Crippen LogP contribution >= 0.6 is 23.4 Å². The SMILES string of the molecule is COc1ccc(OC)c(/C=C2\SC(Nc3cc(Cl)ccc3C)NC2=O)c1. The number of ether oxygens (including phenoxy) is 2. The Hall–Kier alpha value is -2.31. The quantitative estimate of drug-likeness (QED) is 0.747. The zero-order chi connectivity index (χ0) is 18.7. The molecule has 26 heavy (non-hydrogen) atoms. The number of thioether (sulfide) groups is 1. The molecule has 2 aromatic rings. The molecule has 2 N–H and O–H groups in total. The van der Waals surface area contributed by atoms with Gasteiger partial charge in [-0.15, -0.1) is 0 Å². The van der Waals surface area contributed by atoms with Gasteiger partial charge >= 0.3 is 0 Å². The molecular formula is C19H19ClN2O3S. The summed E-state index contributed by atoms with van der Waals surface area (Å²) in [6.45, 7) is 1.98. The fourth-order valence-corrected chi connectivity index (χ4v) is 3.69. The number of aryl methyl sites for hydroxylation is 1. The number of anilines is 1. The van der Waals surface area contributed by atoms with E-state index in [0.717, 1.165) is 16.8 Å². The molecule has 1 heterocycles. The average Bonchev–Trinajstić information content (AvgIpc) is 2.97. The summed E-state index contributed by atoms with van der Waals surface area (Å²) in [5.74, 6) is 1.23. The lowest BCUT2D eigenvalue weighted by Gasteiger charge is -2.15. The Balaban J connectivity index is 1.81. The Bertz CT molecular complexity index is 870. The molecule has 1 aliphatic rings. The van der Waals surface area contributed by atoms with Gasteiger partial charge in [-0.3, -0.25) is 4.79 Å². The Morgan fingerprint density at radius 2 is 2.00 bits per heavy atom. The standard InChI is InChI=1S/C19H19ClN2O3S/c1-11-4-5-13(20)10-15(11)21-19-22-18(23)17(26-19)9-12-8-14(24-2)6-7-16(12)25-3/h4-10,19,21H,1-3H3,(H,22,23)/b17-9-. The number of hydrogen-bond acceptors (Lipinski definition) is 5. The number of benzene rings is 2. The molecule has 5 nitrogen and oxygen atoms in total. The monoisotopic (exact) mass is 390 g/mol. The van der Waals surface area contributed by atoms with Gasteiger partial charge in [0.15, 0.2) is 5.50 Å². The molecule has 1 atom stereocenters. The van der Waals surface area contributed by atoms with Crippen LogP contribution in [-0.4, -0.2) is 25.6 Å². The van der Waals surface area contributed by atoms with E-state index in [0.29, 0.717) is 21.4 Å². The van der Waals surface area contributed by atoms with E-state index in [1.807, 2.05) is 43.3 Å². The minimum Gasteiger partial charge on any atom is -0.497 e. The number of carbonyl (C=O) groups is 1. The maximum absolute atomic E-state index is 12.3. The van der Waals surface area contributed by atoms with Gasteiger partial charge in [0.05, 0.1) is 19.1 Å². The van der Waals surface area contributed by atoms with Gasteiger partial charge in [0.25, 0.3) is 5.91 Å². The number of carbonyl (C=O) groups excluding carboxylic acids is 1. The number of nitrogens with one attached hydrogen (secondary N) is 2. The summed E-state index contributed by atoms with van der Waals surface area (Å²) in [7, 11) is 3.20. The Labute approximate surface area is 161 Å². The van der Waals surface area contributed by atoms with Crippen molar-refractivity contribution in [1.29, 1.82) is 0 Å². The molecule has 2 aromatic carbocycles. The van der Waals surface area contributed by atoms with Gasteiger partial charge in [0.1, 0.15) is 11.5 Å². The molecule has 7 heteroatoms. The van der Waals surface area contributed by atoms with E-state index in [1.165, 1.54) is 11.8 Å². The molecule has 1 aliphatic heterocycles. The number of amides is 1. The van der Waals surface area contributed by atoms with Crippen molar-refractivity contribution in [2.45, 2.75) is 12.4 Å². The van der Waals surface area contributed by atoms with E-state index in [2.05, 4.69) is 10.6 Å². The van der Waals surface area contributed by atoms with Crippen LogP contribution in [0.5, 0.6) is 11.5 Å². The summed E-state index contributed by atoms with van der Waals surface area (Å²) in [5.41, 5.74) is 2.44. The highest BCUT2D eigenvalue weighted by Gasteiger charge is 2.27. The van der Waals surface area contributed by atoms with Crippen molar-refractivity contribution in [2.24, 2.45) is 0 Å². The Morgan fingerprint density at radius 3 is 2.73 bits per heavy atom. The van der Waals surface area contributed by atoms with Gasteiger partial charge in [-0.2, -0.15) is 0 Å². The van der Waals surface area contributed by atoms with Crippen molar-refractivity contribution < 1.29 is 14.3 Å². The van der Waals surface area contributed by atoms with Crippen molar-refractivity contribution in [1.82, 2.24) is 5.32 Å². The van der Waals surface area contributed by atoms with E-state index in [9.17, 15) is 4.79 Å². The predicted molar refractivity (Wildman–Crippen MR) is 107 cm³/mol. The minimum absolute atomic E-state index is 0.142. The fraction of sp³-hybridized carbons (Fsp3) is 0.211. The van der Waals surface area contributed by atoms with Crippen LogP contribution in [0, 0.1) is 6.92 Å². The topological polar surface area (TPSA) is 59.6 Å². The van der Waals surface area contributed by atoms with Crippen molar-refractivity contribution in [3.05, 3.63) is 57.5 Å². The number of hydrogen-bond donors (Lipinski definition) is 2. The number of rotatable bonds is 5. The van der Waals surface area contributed by atoms with Crippen molar-refractivity contribution in [3.63, 3.8) is 0 Å². The summed E-state index contributed by atoms with van der Waals surface area (Å²) in [5, 5.41) is 6.85. The normalized spacial score (nSPS) is 17.9. The summed E-state index contributed by atoms with van der Waals surface area (Å²) in [4.78, 5) is 12.9. The van der Waals surface area contributed by atoms with E-state index in [1.54, 1.807) is 20.3 Å². The second-order valence-corrected chi connectivity index (χ2v) is 7.27. The number of methoxy groups -OCH3 is 2. The first-order valence-electron chi connectivity index (χ1n) is 7.94. The van der Waals surface area contributed by atoms with Crippen LogP contribution in [0.1, 0.15) is 11.1 Å². The molecule has 1 saturated heterocycles. The van der Waals surface area contributed by atoms with Gasteiger partial charge in [0.2, 0.25) is 0 Å². The lowest BCUT2D eigenvalue weighted by Crippen LogP contribution is -2.31. The van der Waals surface area contributed by atoms with E-state index in [-0.39, 0.29) is 11.4 Å². The van der Waals surface area contributed by atoms with Crippen LogP contribution in [0.2, 0.25) is 5.02 Å². The zero-order valence-electron chi connectivity index (χ0n) is 14.6. The maximum Gasteiger partial charge on any atom is 0.260 e. The molecule has 1 unspecified atom stereocenters. The largest absolute Gasteiger partial charge is 0.497 e.